The predicted octanol–water partition coefficient (Wildman–Crippen LogP) is 1.77. The van der Waals surface area contributed by atoms with Gasteiger partial charge >= 0.3 is 0 Å². The molecule has 1 rings (SSSR count). The van der Waals surface area contributed by atoms with Crippen molar-refractivity contribution in [3.05, 3.63) is 0 Å². The Hall–Kier alpha value is 0.270. The van der Waals surface area contributed by atoms with Crippen molar-refractivity contribution >= 4 is 11.8 Å². The monoisotopic (exact) mass is 216 g/mol. The van der Waals surface area contributed by atoms with Crippen molar-refractivity contribution < 1.29 is 0 Å². The molecule has 0 saturated carbocycles. The third-order valence-corrected chi connectivity index (χ3v) is 3.87. The minimum Gasteiger partial charge on any atom is -0.306 e. The van der Waals surface area contributed by atoms with E-state index >= 15 is 0 Å². The van der Waals surface area contributed by atoms with Crippen molar-refractivity contribution in [3.63, 3.8) is 0 Å². The Morgan fingerprint density at radius 2 is 2.00 bits per heavy atom. The van der Waals surface area contributed by atoms with Gasteiger partial charge in [-0.15, -0.1) is 0 Å². The Balaban J connectivity index is 2.13. The lowest BCUT2D eigenvalue weighted by atomic mass is 10.0. The third kappa shape index (κ3) is 4.20. The van der Waals surface area contributed by atoms with E-state index in [1.54, 1.807) is 0 Å². The first-order chi connectivity index (χ1) is 6.74. The van der Waals surface area contributed by atoms with Gasteiger partial charge in [0.25, 0.3) is 0 Å². The van der Waals surface area contributed by atoms with Gasteiger partial charge in [-0.05, 0) is 65.0 Å². The van der Waals surface area contributed by atoms with Crippen molar-refractivity contribution in [1.29, 1.82) is 0 Å². The first kappa shape index (κ1) is 12.3. The SMILES string of the molecule is CSCCCN(C)C1CCN(C)CC1. The molecule has 1 aliphatic heterocycles. The van der Waals surface area contributed by atoms with E-state index in [-0.39, 0.29) is 0 Å². The van der Waals surface area contributed by atoms with Crippen LogP contribution in [0.3, 0.4) is 0 Å². The van der Waals surface area contributed by atoms with Gasteiger partial charge in [0.05, 0.1) is 0 Å². The quantitative estimate of drug-likeness (QED) is 0.647. The largest absolute Gasteiger partial charge is 0.306 e. The lowest BCUT2D eigenvalue weighted by molar-refractivity contribution is 0.145. The highest BCUT2D eigenvalue weighted by Gasteiger charge is 2.19. The van der Waals surface area contributed by atoms with E-state index in [1.807, 2.05) is 11.8 Å². The standard InChI is InChI=1S/C11H24N2S/c1-12-8-5-11(6-9-12)13(2)7-4-10-14-3/h11H,4-10H2,1-3H3. The van der Waals surface area contributed by atoms with E-state index < -0.39 is 0 Å². The van der Waals surface area contributed by atoms with Gasteiger partial charge in [0.1, 0.15) is 0 Å². The maximum atomic E-state index is 2.56. The second kappa shape index (κ2) is 6.70. The predicted molar refractivity (Wildman–Crippen MR) is 66.1 cm³/mol. The molecule has 1 heterocycles. The van der Waals surface area contributed by atoms with Crippen LogP contribution < -0.4 is 0 Å². The van der Waals surface area contributed by atoms with E-state index in [2.05, 4.69) is 30.2 Å². The lowest BCUT2D eigenvalue weighted by Crippen LogP contribution is -2.42. The molecule has 0 radical (unpaired) electrons. The van der Waals surface area contributed by atoms with Gasteiger partial charge in [-0.2, -0.15) is 11.8 Å². The van der Waals surface area contributed by atoms with Gasteiger partial charge in [-0.3, -0.25) is 0 Å². The highest BCUT2D eigenvalue weighted by atomic mass is 32.2. The molecule has 0 aliphatic carbocycles. The van der Waals surface area contributed by atoms with Gasteiger partial charge in [-0.25, -0.2) is 0 Å². The zero-order valence-electron chi connectivity index (χ0n) is 9.83. The van der Waals surface area contributed by atoms with E-state index in [0.717, 1.165) is 6.04 Å². The topological polar surface area (TPSA) is 6.48 Å². The van der Waals surface area contributed by atoms with Crippen LogP contribution in [0.15, 0.2) is 0 Å². The fourth-order valence-electron chi connectivity index (χ4n) is 2.08. The minimum atomic E-state index is 0.841. The van der Waals surface area contributed by atoms with Crippen molar-refractivity contribution in [2.75, 3.05) is 45.7 Å². The van der Waals surface area contributed by atoms with Crippen molar-refractivity contribution in [1.82, 2.24) is 9.80 Å². The molecule has 3 heteroatoms. The maximum absolute atomic E-state index is 2.56. The highest BCUT2D eigenvalue weighted by Crippen LogP contribution is 2.14. The number of thioether (sulfide) groups is 1. The molecule has 0 aromatic rings. The summed E-state index contributed by atoms with van der Waals surface area (Å²) < 4.78 is 0. The zero-order valence-corrected chi connectivity index (χ0v) is 10.6. The Labute approximate surface area is 93.0 Å². The molecule has 1 aliphatic rings. The van der Waals surface area contributed by atoms with E-state index in [1.165, 1.54) is 44.6 Å². The number of hydrogen-bond donors (Lipinski definition) is 0. The Bertz CT molecular complexity index is 144. The first-order valence-electron chi connectivity index (χ1n) is 5.61. The summed E-state index contributed by atoms with van der Waals surface area (Å²) in [4.78, 5) is 5.00. The average molecular weight is 216 g/mol. The van der Waals surface area contributed by atoms with E-state index in [0.29, 0.717) is 0 Å². The molecule has 14 heavy (non-hydrogen) atoms. The molecule has 0 unspecified atom stereocenters. The number of likely N-dealkylation sites (tertiary alicyclic amines) is 1. The molecule has 0 aromatic heterocycles. The maximum Gasteiger partial charge on any atom is 0.0117 e. The number of piperidine rings is 1. The summed E-state index contributed by atoms with van der Waals surface area (Å²) in [5.41, 5.74) is 0. The Morgan fingerprint density at radius 1 is 1.36 bits per heavy atom. The van der Waals surface area contributed by atoms with Crippen LogP contribution in [0.2, 0.25) is 0 Å². The normalized spacial score (nSPS) is 20.6. The summed E-state index contributed by atoms with van der Waals surface area (Å²) in [5, 5.41) is 0. The summed E-state index contributed by atoms with van der Waals surface area (Å²) in [6.07, 6.45) is 6.23. The molecule has 0 spiro atoms. The number of rotatable bonds is 5. The van der Waals surface area contributed by atoms with Gasteiger partial charge in [0.15, 0.2) is 0 Å². The second-order valence-corrected chi connectivity index (χ2v) is 5.35. The molecule has 1 fully saturated rings. The smallest absolute Gasteiger partial charge is 0.0117 e. The van der Waals surface area contributed by atoms with Crippen LogP contribution in [-0.4, -0.2) is 61.6 Å². The van der Waals surface area contributed by atoms with Crippen molar-refractivity contribution in [2.45, 2.75) is 25.3 Å². The summed E-state index contributed by atoms with van der Waals surface area (Å²) in [6.45, 7) is 3.82. The molecule has 84 valence electrons. The fraction of sp³-hybridized carbons (Fsp3) is 1.00. The van der Waals surface area contributed by atoms with E-state index in [9.17, 15) is 0 Å². The highest BCUT2D eigenvalue weighted by molar-refractivity contribution is 7.98. The number of nitrogens with zero attached hydrogens (tertiary/aromatic N) is 2. The van der Waals surface area contributed by atoms with Crippen LogP contribution in [0.5, 0.6) is 0 Å². The van der Waals surface area contributed by atoms with Gasteiger partial charge in [0.2, 0.25) is 0 Å². The van der Waals surface area contributed by atoms with Crippen LogP contribution in [0.4, 0.5) is 0 Å². The molecular weight excluding hydrogens is 192 g/mol. The van der Waals surface area contributed by atoms with Crippen molar-refractivity contribution in [2.24, 2.45) is 0 Å². The molecule has 0 amide bonds. The summed E-state index contributed by atoms with van der Waals surface area (Å²) >= 11 is 1.96. The van der Waals surface area contributed by atoms with Gasteiger partial charge in [0, 0.05) is 6.04 Å². The Morgan fingerprint density at radius 3 is 2.57 bits per heavy atom. The molecule has 0 N–H and O–H groups in total. The van der Waals surface area contributed by atoms with Gasteiger partial charge in [-0.1, -0.05) is 0 Å². The first-order valence-corrected chi connectivity index (χ1v) is 7.01. The molecule has 1 saturated heterocycles. The summed E-state index contributed by atoms with van der Waals surface area (Å²) in [5.74, 6) is 1.30. The van der Waals surface area contributed by atoms with Crippen LogP contribution in [0.25, 0.3) is 0 Å². The Kier molecular flexibility index (Phi) is 5.90. The number of hydrogen-bond acceptors (Lipinski definition) is 3. The minimum absolute atomic E-state index is 0.841. The van der Waals surface area contributed by atoms with Gasteiger partial charge < -0.3 is 9.80 Å². The van der Waals surface area contributed by atoms with Crippen LogP contribution in [0, 0.1) is 0 Å². The molecule has 0 aromatic carbocycles. The zero-order chi connectivity index (χ0) is 10.4. The van der Waals surface area contributed by atoms with Crippen LogP contribution >= 0.6 is 11.8 Å². The molecule has 0 atom stereocenters. The summed E-state index contributed by atoms with van der Waals surface area (Å²) in [6, 6.07) is 0.841. The fourth-order valence-corrected chi connectivity index (χ4v) is 2.49. The van der Waals surface area contributed by atoms with Crippen LogP contribution in [-0.2, 0) is 0 Å². The van der Waals surface area contributed by atoms with Crippen LogP contribution in [0.1, 0.15) is 19.3 Å². The molecular formula is C11H24N2S. The molecule has 2 nitrogen and oxygen atoms in total. The third-order valence-electron chi connectivity index (χ3n) is 3.17. The average Bonchev–Trinajstić information content (AvgIpc) is 2.19. The van der Waals surface area contributed by atoms with E-state index in [4.69, 9.17) is 0 Å². The summed E-state index contributed by atoms with van der Waals surface area (Å²) in [7, 11) is 4.51. The van der Waals surface area contributed by atoms with Crippen molar-refractivity contribution in [3.8, 4) is 0 Å². The lowest BCUT2D eigenvalue weighted by Gasteiger charge is -2.35. The second-order valence-electron chi connectivity index (χ2n) is 4.36. The molecule has 0 bridgehead atoms.